The van der Waals surface area contributed by atoms with E-state index in [1.807, 2.05) is 31.2 Å². The van der Waals surface area contributed by atoms with E-state index in [2.05, 4.69) is 6.92 Å². The summed E-state index contributed by atoms with van der Waals surface area (Å²) >= 11 is 0. The van der Waals surface area contributed by atoms with Crippen molar-refractivity contribution in [3.05, 3.63) is 35.4 Å². The molecule has 2 rings (SSSR count). The molecule has 0 spiro atoms. The third-order valence-corrected chi connectivity index (χ3v) is 4.39. The van der Waals surface area contributed by atoms with Gasteiger partial charge < -0.3 is 10.0 Å². The molecule has 0 radical (unpaired) electrons. The number of hydrogen-bond acceptors (Lipinski definition) is 2. The van der Waals surface area contributed by atoms with Crippen LogP contribution in [-0.4, -0.2) is 40.6 Å². The van der Waals surface area contributed by atoms with E-state index >= 15 is 0 Å². The smallest absolute Gasteiger partial charge is 0.343 e. The minimum absolute atomic E-state index is 0.0258. The summed E-state index contributed by atoms with van der Waals surface area (Å²) in [4.78, 5) is 24.4. The van der Waals surface area contributed by atoms with Crippen LogP contribution in [-0.2, 0) is 16.0 Å². The Hall–Kier alpha value is -1.91. The number of halogens is 1. The number of nitrogens with zero attached hydrogens (tertiary/aromatic N) is 1. The normalized spacial score (nSPS) is 22.6. The van der Waals surface area contributed by atoms with Crippen molar-refractivity contribution < 1.29 is 19.1 Å². The molecular formula is C17H22FNO3. The summed E-state index contributed by atoms with van der Waals surface area (Å²) in [5.74, 6) is -1.64. The average molecular weight is 307 g/mol. The first-order valence-electron chi connectivity index (χ1n) is 7.64. The maximum absolute atomic E-state index is 14.0. The highest BCUT2D eigenvalue weighted by molar-refractivity contribution is 5.82. The van der Waals surface area contributed by atoms with Crippen LogP contribution < -0.4 is 0 Å². The fourth-order valence-corrected chi connectivity index (χ4v) is 2.75. The highest BCUT2D eigenvalue weighted by Crippen LogP contribution is 2.28. The average Bonchev–Trinajstić information content (AvgIpc) is 2.91. The van der Waals surface area contributed by atoms with Gasteiger partial charge in [0.05, 0.1) is 6.54 Å². The molecule has 0 aliphatic carbocycles. The van der Waals surface area contributed by atoms with Crippen LogP contribution in [0.15, 0.2) is 24.3 Å². The number of hydrogen-bond donors (Lipinski definition) is 1. The van der Waals surface area contributed by atoms with Crippen LogP contribution in [0.1, 0.15) is 43.7 Å². The lowest BCUT2D eigenvalue weighted by molar-refractivity contribution is -0.150. The number of likely N-dealkylation sites (tertiary alicyclic amines) is 1. The van der Waals surface area contributed by atoms with E-state index < -0.39 is 11.6 Å². The van der Waals surface area contributed by atoms with Crippen LogP contribution >= 0.6 is 0 Å². The fourth-order valence-electron chi connectivity index (χ4n) is 2.75. The van der Waals surface area contributed by atoms with Crippen LogP contribution in [0.2, 0.25) is 0 Å². The molecule has 1 saturated heterocycles. The lowest BCUT2D eigenvalue weighted by Crippen LogP contribution is -2.39. The van der Waals surface area contributed by atoms with Gasteiger partial charge in [-0.15, -0.1) is 0 Å². The predicted molar refractivity (Wildman–Crippen MR) is 81.5 cm³/mol. The van der Waals surface area contributed by atoms with Gasteiger partial charge in [0, 0.05) is 19.4 Å². The summed E-state index contributed by atoms with van der Waals surface area (Å²) in [5, 5.41) is 8.87. The summed E-state index contributed by atoms with van der Waals surface area (Å²) < 4.78 is 14.0. The molecule has 4 nitrogen and oxygen atoms in total. The van der Waals surface area contributed by atoms with Crippen LogP contribution in [0.4, 0.5) is 4.39 Å². The number of carboxylic acids is 1. The Labute approximate surface area is 129 Å². The Balaban J connectivity index is 1.95. The Morgan fingerprint density at radius 1 is 1.36 bits per heavy atom. The summed E-state index contributed by atoms with van der Waals surface area (Å²) in [6, 6.07) is 8.11. The lowest BCUT2D eigenvalue weighted by atomic mass is 9.96. The van der Waals surface area contributed by atoms with Crippen molar-refractivity contribution in [2.45, 2.75) is 44.7 Å². The molecule has 0 saturated carbocycles. The first-order valence-corrected chi connectivity index (χ1v) is 7.64. The molecule has 1 fully saturated rings. The fraction of sp³-hybridized carbons (Fsp3) is 0.529. The Morgan fingerprint density at radius 2 is 2.00 bits per heavy atom. The van der Waals surface area contributed by atoms with E-state index in [-0.39, 0.29) is 37.8 Å². The number of carbonyl (C=O) groups excluding carboxylic acids is 1. The lowest BCUT2D eigenvalue weighted by Gasteiger charge is -2.20. The zero-order valence-electron chi connectivity index (χ0n) is 13.0. The molecule has 2 unspecified atom stereocenters. The minimum Gasteiger partial charge on any atom is -0.479 e. The summed E-state index contributed by atoms with van der Waals surface area (Å²) in [6.45, 7) is 3.86. The molecule has 1 aliphatic rings. The SMILES string of the molecule is CCc1ccc(C(C)CC(=O)N2CCC(F)(C(=O)O)C2)cc1. The number of benzene rings is 1. The maximum Gasteiger partial charge on any atom is 0.343 e. The van der Waals surface area contributed by atoms with E-state index in [9.17, 15) is 14.0 Å². The number of aliphatic carboxylic acids is 1. The summed E-state index contributed by atoms with van der Waals surface area (Å²) in [6.07, 6.45) is 1.10. The molecule has 1 N–H and O–H groups in total. The topological polar surface area (TPSA) is 57.6 Å². The molecule has 1 aromatic carbocycles. The molecule has 0 aromatic heterocycles. The van der Waals surface area contributed by atoms with Gasteiger partial charge in [0.1, 0.15) is 0 Å². The van der Waals surface area contributed by atoms with Crippen LogP contribution in [0.25, 0.3) is 0 Å². The standard InChI is InChI=1S/C17H22FNO3/c1-3-13-4-6-14(7-5-13)12(2)10-15(20)19-9-8-17(18,11-19)16(21)22/h4-7,12H,3,8-11H2,1-2H3,(H,21,22). The zero-order valence-corrected chi connectivity index (χ0v) is 13.0. The Morgan fingerprint density at radius 3 is 2.50 bits per heavy atom. The van der Waals surface area contributed by atoms with Gasteiger partial charge in [-0.05, 0) is 23.5 Å². The molecule has 1 aliphatic heterocycles. The van der Waals surface area contributed by atoms with Crippen LogP contribution in [0.5, 0.6) is 0 Å². The van der Waals surface area contributed by atoms with Gasteiger partial charge in [-0.1, -0.05) is 38.1 Å². The minimum atomic E-state index is -2.29. The highest BCUT2D eigenvalue weighted by atomic mass is 19.1. The molecule has 2 atom stereocenters. The van der Waals surface area contributed by atoms with E-state index in [1.165, 1.54) is 10.5 Å². The van der Waals surface area contributed by atoms with Gasteiger partial charge in [0.15, 0.2) is 0 Å². The third-order valence-electron chi connectivity index (χ3n) is 4.39. The molecule has 1 amide bonds. The first-order chi connectivity index (χ1) is 10.4. The van der Waals surface area contributed by atoms with Gasteiger partial charge in [0.2, 0.25) is 11.6 Å². The molecule has 5 heteroatoms. The van der Waals surface area contributed by atoms with Gasteiger partial charge in [-0.25, -0.2) is 9.18 Å². The van der Waals surface area contributed by atoms with E-state index in [0.717, 1.165) is 12.0 Å². The van der Waals surface area contributed by atoms with Gasteiger partial charge >= 0.3 is 5.97 Å². The number of aryl methyl sites for hydroxylation is 1. The monoisotopic (exact) mass is 307 g/mol. The summed E-state index contributed by atoms with van der Waals surface area (Å²) in [5.41, 5.74) is 0.0155. The molecule has 120 valence electrons. The largest absolute Gasteiger partial charge is 0.479 e. The molecule has 1 aromatic rings. The number of alkyl halides is 1. The molecule has 22 heavy (non-hydrogen) atoms. The summed E-state index contributed by atoms with van der Waals surface area (Å²) in [7, 11) is 0. The van der Waals surface area contributed by atoms with Crippen molar-refractivity contribution in [1.29, 1.82) is 0 Å². The predicted octanol–water partition coefficient (Wildman–Crippen LogP) is 2.77. The Bertz CT molecular complexity index is 558. The quantitative estimate of drug-likeness (QED) is 0.910. The number of rotatable bonds is 5. The zero-order chi connectivity index (χ0) is 16.3. The van der Waals surface area contributed by atoms with Crippen LogP contribution in [0.3, 0.4) is 0 Å². The first kappa shape index (κ1) is 16.5. The molecular weight excluding hydrogens is 285 g/mol. The Kier molecular flexibility index (Phi) is 4.84. The second-order valence-electron chi connectivity index (χ2n) is 6.04. The van der Waals surface area contributed by atoms with E-state index in [0.29, 0.717) is 0 Å². The van der Waals surface area contributed by atoms with E-state index in [1.54, 1.807) is 0 Å². The van der Waals surface area contributed by atoms with E-state index in [4.69, 9.17) is 5.11 Å². The maximum atomic E-state index is 14.0. The van der Waals surface area contributed by atoms with Gasteiger partial charge in [0.25, 0.3) is 0 Å². The van der Waals surface area contributed by atoms with Crippen molar-refractivity contribution in [2.75, 3.05) is 13.1 Å². The van der Waals surface area contributed by atoms with Gasteiger partial charge in [-0.2, -0.15) is 0 Å². The number of carboxylic acid groups (broad SMARTS) is 1. The van der Waals surface area contributed by atoms with Crippen molar-refractivity contribution in [2.24, 2.45) is 0 Å². The second kappa shape index (κ2) is 6.46. The van der Waals surface area contributed by atoms with Crippen LogP contribution in [0, 0.1) is 0 Å². The second-order valence-corrected chi connectivity index (χ2v) is 6.04. The molecule has 0 bridgehead atoms. The van der Waals surface area contributed by atoms with Crippen molar-refractivity contribution >= 4 is 11.9 Å². The highest BCUT2D eigenvalue weighted by Gasteiger charge is 2.46. The number of amides is 1. The van der Waals surface area contributed by atoms with Gasteiger partial charge in [-0.3, -0.25) is 4.79 Å². The van der Waals surface area contributed by atoms with Crippen molar-refractivity contribution in [3.63, 3.8) is 0 Å². The number of carbonyl (C=O) groups is 2. The van der Waals surface area contributed by atoms with Crippen molar-refractivity contribution in [1.82, 2.24) is 4.90 Å². The molecule has 1 heterocycles. The third kappa shape index (κ3) is 3.46. The van der Waals surface area contributed by atoms with Crippen molar-refractivity contribution in [3.8, 4) is 0 Å².